The first-order valence-corrected chi connectivity index (χ1v) is 12.3. The monoisotopic (exact) mass is 426 g/mol. The molecule has 2 aromatic rings. The van der Waals surface area contributed by atoms with Crippen molar-refractivity contribution >= 4 is 32.4 Å². The topological polar surface area (TPSA) is 150 Å². The summed E-state index contributed by atoms with van der Waals surface area (Å²) in [6.07, 6.45) is 4.49. The van der Waals surface area contributed by atoms with Gasteiger partial charge in [-0.2, -0.15) is 0 Å². The van der Waals surface area contributed by atoms with Crippen LogP contribution in [0.4, 0.5) is 5.82 Å². The number of unbranched alkanes of at least 4 members (excludes halogenated alkanes) is 3. The summed E-state index contributed by atoms with van der Waals surface area (Å²) in [5.41, 5.74) is 6.68. The number of rotatable bonds is 8. The van der Waals surface area contributed by atoms with Crippen LogP contribution in [0.1, 0.15) is 31.9 Å². The van der Waals surface area contributed by atoms with Crippen LogP contribution < -0.4 is 11.1 Å². The van der Waals surface area contributed by atoms with Crippen LogP contribution in [0.5, 0.6) is 0 Å². The van der Waals surface area contributed by atoms with Crippen molar-refractivity contribution in [3.63, 3.8) is 0 Å². The van der Waals surface area contributed by atoms with E-state index in [1.807, 2.05) is 0 Å². The molecule has 2 aromatic heterocycles. The molecule has 0 aliphatic carbocycles. The Morgan fingerprint density at radius 1 is 1.28 bits per heavy atom. The molecule has 1 unspecified atom stereocenters. The van der Waals surface area contributed by atoms with E-state index in [0.717, 1.165) is 38.8 Å². The van der Waals surface area contributed by atoms with Crippen molar-refractivity contribution < 1.29 is 23.8 Å². The Hall–Kier alpha value is -1.40. The molecular weight excluding hydrogens is 398 g/mol. The zero-order chi connectivity index (χ0) is 20.4. The molecule has 0 amide bonds. The molecule has 2 saturated heterocycles. The summed E-state index contributed by atoms with van der Waals surface area (Å²) in [6.45, 7) is 1.68. The third-order valence-corrected chi connectivity index (χ3v) is 6.65. The van der Waals surface area contributed by atoms with Crippen LogP contribution in [0.25, 0.3) is 11.2 Å². The molecule has 11 nitrogen and oxygen atoms in total. The summed E-state index contributed by atoms with van der Waals surface area (Å²) < 4.78 is 18.5. The SMILES string of the molecule is B[PH]1(O)OC[C@H]2O[C@@H](n3cnc4c(NCCCCCCN)ncnc43)C(O)[C@@H]2O1. The number of aliphatic hydroxyl groups is 1. The van der Waals surface area contributed by atoms with E-state index in [-0.39, 0.29) is 6.61 Å². The second-order valence-corrected chi connectivity index (χ2v) is 9.84. The third kappa shape index (κ3) is 4.39. The van der Waals surface area contributed by atoms with Crippen LogP contribution in [0, 0.1) is 0 Å². The van der Waals surface area contributed by atoms with Gasteiger partial charge in [0, 0.05) is 0 Å². The minimum absolute atomic E-state index is 0.177. The summed E-state index contributed by atoms with van der Waals surface area (Å²) >= 11 is 0. The molecule has 13 heteroatoms. The van der Waals surface area contributed by atoms with Crippen LogP contribution in [-0.2, 0) is 13.8 Å². The van der Waals surface area contributed by atoms with E-state index >= 15 is 0 Å². The molecule has 0 radical (unpaired) electrons. The van der Waals surface area contributed by atoms with Gasteiger partial charge in [-0.15, -0.1) is 0 Å². The number of aliphatic hydroxyl groups excluding tert-OH is 1. The van der Waals surface area contributed by atoms with Gasteiger partial charge in [0.05, 0.1) is 0 Å². The molecule has 5 N–H and O–H groups in total. The predicted molar refractivity (Wildman–Crippen MR) is 111 cm³/mol. The van der Waals surface area contributed by atoms with E-state index in [1.54, 1.807) is 10.9 Å². The van der Waals surface area contributed by atoms with E-state index < -0.39 is 32.4 Å². The van der Waals surface area contributed by atoms with Gasteiger partial charge in [-0.1, -0.05) is 6.42 Å². The summed E-state index contributed by atoms with van der Waals surface area (Å²) in [6, 6.07) is 0. The Morgan fingerprint density at radius 2 is 2.10 bits per heavy atom. The van der Waals surface area contributed by atoms with Crippen molar-refractivity contribution in [1.82, 2.24) is 19.5 Å². The van der Waals surface area contributed by atoms with Crippen molar-refractivity contribution in [3.8, 4) is 0 Å². The molecule has 29 heavy (non-hydrogen) atoms. The molecule has 0 saturated carbocycles. The Kier molecular flexibility index (Phi) is 6.31. The third-order valence-electron chi connectivity index (χ3n) is 5.24. The summed E-state index contributed by atoms with van der Waals surface area (Å²) in [5, 5.41) is 14.1. The number of nitrogens with two attached hydrogens (primary N) is 1. The molecule has 4 rings (SSSR count). The van der Waals surface area contributed by atoms with Gasteiger partial charge in [-0.05, 0) is 13.0 Å². The minimum atomic E-state index is -3.23. The number of nitrogens with one attached hydrogen (secondary N) is 1. The molecule has 2 fully saturated rings. The number of hydrogen-bond donors (Lipinski definition) is 4. The zero-order valence-corrected chi connectivity index (χ0v) is 17.4. The molecule has 0 spiro atoms. The molecule has 160 valence electrons. The van der Waals surface area contributed by atoms with Crippen LogP contribution in [0.3, 0.4) is 0 Å². The van der Waals surface area contributed by atoms with Crippen LogP contribution in [0.15, 0.2) is 12.7 Å². The summed E-state index contributed by atoms with van der Waals surface area (Å²) in [5.74, 6) is 0.646. The first-order valence-electron chi connectivity index (χ1n) is 9.99. The van der Waals surface area contributed by atoms with Crippen molar-refractivity contribution in [2.24, 2.45) is 5.73 Å². The van der Waals surface area contributed by atoms with E-state index in [0.29, 0.717) is 17.0 Å². The van der Waals surface area contributed by atoms with Gasteiger partial charge in [-0.25, -0.2) is 0 Å². The number of hydrogen-bond acceptors (Lipinski definition) is 10. The fourth-order valence-corrected chi connectivity index (χ4v) is 5.09. The van der Waals surface area contributed by atoms with Crippen LogP contribution >= 0.6 is 7.82 Å². The average Bonchev–Trinajstić information content (AvgIpc) is 3.26. The van der Waals surface area contributed by atoms with Gasteiger partial charge >= 0.3 is 144 Å². The van der Waals surface area contributed by atoms with E-state index in [2.05, 4.69) is 20.3 Å². The fourth-order valence-electron chi connectivity index (χ4n) is 3.75. The van der Waals surface area contributed by atoms with E-state index in [1.165, 1.54) is 13.9 Å². The normalized spacial score (nSPS) is 29.6. The molecule has 2 aliphatic rings. The van der Waals surface area contributed by atoms with Gasteiger partial charge in [0.1, 0.15) is 0 Å². The first-order chi connectivity index (χ1) is 14.0. The maximum absolute atomic E-state index is 10.8. The van der Waals surface area contributed by atoms with Crippen molar-refractivity contribution in [2.75, 3.05) is 25.0 Å². The first kappa shape index (κ1) is 20.9. The van der Waals surface area contributed by atoms with Crippen LogP contribution in [-0.4, -0.2) is 75.1 Å². The Balaban J connectivity index is 1.47. The quantitative estimate of drug-likeness (QED) is 0.246. The molecule has 0 aromatic carbocycles. The van der Waals surface area contributed by atoms with Crippen molar-refractivity contribution in [3.05, 3.63) is 12.7 Å². The number of fused-ring (bicyclic) bond motifs is 2. The van der Waals surface area contributed by atoms with Crippen molar-refractivity contribution in [2.45, 2.75) is 50.2 Å². The number of aromatic nitrogens is 4. The standard InChI is InChI=1S/C16H28BN6O5P/c17-29(25)26-7-10-13(28-29)12(24)16(27-10)23-9-22-11-14(20-8-21-15(11)23)19-6-4-2-1-3-5-18/h8-10,12-13,16,24-25,29H,1-7,17-18H2,(H,19,20,21)/t10-,12?,13-,16-/m1/s1. The van der Waals surface area contributed by atoms with E-state index in [9.17, 15) is 10.00 Å². The molecular formula is C16H28BN6O5P. The Bertz CT molecular complexity index is 841. The second kappa shape index (κ2) is 8.77. The van der Waals surface area contributed by atoms with Gasteiger partial charge < -0.3 is 5.73 Å². The second-order valence-electron chi connectivity index (χ2n) is 7.52. The number of nitrogens with zero attached hydrogens (tertiary/aromatic N) is 4. The van der Waals surface area contributed by atoms with Crippen molar-refractivity contribution in [1.29, 1.82) is 0 Å². The summed E-state index contributed by atoms with van der Waals surface area (Å²) in [7, 11) is -1.71. The number of imidazole rings is 1. The molecule has 0 bridgehead atoms. The van der Waals surface area contributed by atoms with Crippen LogP contribution in [0.2, 0.25) is 0 Å². The average molecular weight is 426 g/mol. The molecule has 2 aliphatic heterocycles. The summed E-state index contributed by atoms with van der Waals surface area (Å²) in [4.78, 5) is 23.1. The van der Waals surface area contributed by atoms with Gasteiger partial charge in [0.2, 0.25) is 0 Å². The number of anilines is 1. The molecule has 4 atom stereocenters. The van der Waals surface area contributed by atoms with Gasteiger partial charge in [-0.3, -0.25) is 0 Å². The Morgan fingerprint density at radius 3 is 2.93 bits per heavy atom. The van der Waals surface area contributed by atoms with E-state index in [4.69, 9.17) is 19.5 Å². The predicted octanol–water partition coefficient (Wildman–Crippen LogP) is -0.534. The Labute approximate surface area is 169 Å². The maximum atomic E-state index is 10.8. The fraction of sp³-hybridized carbons (Fsp3) is 0.688. The zero-order valence-electron chi connectivity index (χ0n) is 16.4. The molecule has 4 heterocycles. The van der Waals surface area contributed by atoms with Gasteiger partial charge in [0.15, 0.2) is 0 Å². The van der Waals surface area contributed by atoms with Gasteiger partial charge in [0.25, 0.3) is 0 Å². The number of ether oxygens (including phenoxy) is 1.